The number of carbonyl (C=O) groups excluding carboxylic acids is 1. The summed E-state index contributed by atoms with van der Waals surface area (Å²) in [4.78, 5) is 16.2. The van der Waals surface area contributed by atoms with Crippen LogP contribution in [0.4, 0.5) is 0 Å². The number of hydrogen-bond donors (Lipinski definition) is 0. The molecule has 0 radical (unpaired) electrons. The van der Waals surface area contributed by atoms with Crippen LogP contribution in [0.25, 0.3) is 0 Å². The van der Waals surface area contributed by atoms with Gasteiger partial charge in [0, 0.05) is 5.56 Å². The van der Waals surface area contributed by atoms with E-state index >= 15 is 0 Å². The monoisotopic (exact) mass is 291 g/mol. The van der Waals surface area contributed by atoms with Gasteiger partial charge in [0.1, 0.15) is 16.0 Å². The van der Waals surface area contributed by atoms with Crippen molar-refractivity contribution in [2.24, 2.45) is 0 Å². The van der Waals surface area contributed by atoms with E-state index in [1.807, 2.05) is 0 Å². The van der Waals surface area contributed by atoms with Gasteiger partial charge in [-0.2, -0.15) is 0 Å². The van der Waals surface area contributed by atoms with Gasteiger partial charge < -0.3 is 4.74 Å². The Morgan fingerprint density at radius 2 is 1.88 bits per heavy atom. The maximum absolute atomic E-state index is 12.1. The zero-order valence-electron chi connectivity index (χ0n) is 9.18. The molecule has 0 amide bonds. The van der Waals surface area contributed by atoms with Crippen molar-refractivity contribution in [1.82, 2.24) is 4.98 Å². The van der Waals surface area contributed by atoms with Gasteiger partial charge in [-0.25, -0.2) is 4.98 Å². The highest BCUT2D eigenvalue weighted by atomic mass is 79.9. The smallest absolute Gasteiger partial charge is 0.211 e. The van der Waals surface area contributed by atoms with Gasteiger partial charge in [0.25, 0.3) is 0 Å². The van der Waals surface area contributed by atoms with Crippen LogP contribution in [0, 0.1) is 0 Å². The van der Waals surface area contributed by atoms with Crippen molar-refractivity contribution in [3.8, 4) is 5.75 Å². The molecule has 0 aliphatic heterocycles. The molecule has 1 aromatic heterocycles. The van der Waals surface area contributed by atoms with E-state index in [0.717, 1.165) is 5.75 Å². The molecule has 3 nitrogen and oxygen atoms in total. The van der Waals surface area contributed by atoms with E-state index in [4.69, 9.17) is 4.74 Å². The summed E-state index contributed by atoms with van der Waals surface area (Å²) in [6.45, 7) is 0. The summed E-state index contributed by atoms with van der Waals surface area (Å²) in [5.41, 5.74) is 1.01. The molecule has 0 aliphatic carbocycles. The number of halogens is 1. The van der Waals surface area contributed by atoms with Crippen molar-refractivity contribution in [2.45, 2.75) is 0 Å². The maximum Gasteiger partial charge on any atom is 0.211 e. The second-order valence-electron chi connectivity index (χ2n) is 3.40. The van der Waals surface area contributed by atoms with E-state index in [2.05, 4.69) is 20.9 Å². The molecule has 86 valence electrons. The zero-order chi connectivity index (χ0) is 12.3. The van der Waals surface area contributed by atoms with Crippen LogP contribution in [0.3, 0.4) is 0 Å². The second kappa shape index (κ2) is 5.10. The number of benzene rings is 1. The molecule has 2 aromatic rings. The van der Waals surface area contributed by atoms with E-state index in [1.165, 1.54) is 0 Å². The summed E-state index contributed by atoms with van der Waals surface area (Å²) in [6.07, 6.45) is 0. The average molecular weight is 292 g/mol. The standard InChI is InChI=1S/C13H10BrNO2/c1-17-10-7-5-9(6-8-10)13(16)11-3-2-4-12(14)15-11/h2-8H,1H3. The summed E-state index contributed by atoms with van der Waals surface area (Å²) in [6, 6.07) is 12.2. The molecule has 17 heavy (non-hydrogen) atoms. The fourth-order valence-electron chi connectivity index (χ4n) is 1.43. The molecule has 0 unspecified atom stereocenters. The summed E-state index contributed by atoms with van der Waals surface area (Å²) in [5.74, 6) is 0.623. The molecule has 4 heteroatoms. The third-order valence-corrected chi connectivity index (χ3v) is 2.74. The lowest BCUT2D eigenvalue weighted by molar-refractivity contribution is 0.103. The predicted molar refractivity (Wildman–Crippen MR) is 68.4 cm³/mol. The Balaban J connectivity index is 2.30. The fraction of sp³-hybridized carbons (Fsp3) is 0.0769. The quantitative estimate of drug-likeness (QED) is 0.644. The Bertz CT molecular complexity index is 537. The van der Waals surface area contributed by atoms with Gasteiger partial charge >= 0.3 is 0 Å². The highest BCUT2D eigenvalue weighted by molar-refractivity contribution is 9.10. The summed E-state index contributed by atoms with van der Waals surface area (Å²) >= 11 is 3.24. The normalized spacial score (nSPS) is 10.0. The number of ether oxygens (including phenoxy) is 1. The van der Waals surface area contributed by atoms with Crippen LogP contribution in [0.2, 0.25) is 0 Å². The zero-order valence-corrected chi connectivity index (χ0v) is 10.8. The van der Waals surface area contributed by atoms with E-state index in [0.29, 0.717) is 15.9 Å². The van der Waals surface area contributed by atoms with Crippen LogP contribution in [-0.4, -0.2) is 17.9 Å². The van der Waals surface area contributed by atoms with Gasteiger partial charge in [-0.1, -0.05) is 6.07 Å². The lowest BCUT2D eigenvalue weighted by Gasteiger charge is -2.02. The maximum atomic E-state index is 12.1. The van der Waals surface area contributed by atoms with E-state index < -0.39 is 0 Å². The SMILES string of the molecule is COc1ccc(C(=O)c2cccc(Br)n2)cc1. The van der Waals surface area contributed by atoms with E-state index in [1.54, 1.807) is 49.6 Å². The molecule has 0 atom stereocenters. The van der Waals surface area contributed by atoms with Crippen LogP contribution in [-0.2, 0) is 0 Å². The molecule has 0 bridgehead atoms. The first-order valence-corrected chi connectivity index (χ1v) is 5.81. The number of rotatable bonds is 3. The predicted octanol–water partition coefficient (Wildman–Crippen LogP) is 3.08. The molecule has 0 saturated carbocycles. The fourth-order valence-corrected chi connectivity index (χ4v) is 1.77. The molecule has 1 heterocycles. The lowest BCUT2D eigenvalue weighted by atomic mass is 10.1. The molecule has 0 spiro atoms. The molecule has 0 aliphatic rings. The van der Waals surface area contributed by atoms with Gasteiger partial charge in [0.2, 0.25) is 5.78 Å². The van der Waals surface area contributed by atoms with Gasteiger partial charge in [-0.15, -0.1) is 0 Å². The number of carbonyl (C=O) groups is 1. The van der Waals surface area contributed by atoms with Crippen LogP contribution in [0.15, 0.2) is 47.1 Å². The Hall–Kier alpha value is -1.68. The Morgan fingerprint density at radius 1 is 1.18 bits per heavy atom. The minimum absolute atomic E-state index is 0.103. The summed E-state index contributed by atoms with van der Waals surface area (Å²) in [5, 5.41) is 0. The molecule has 0 fully saturated rings. The first-order valence-electron chi connectivity index (χ1n) is 5.02. The summed E-state index contributed by atoms with van der Waals surface area (Å²) in [7, 11) is 1.59. The second-order valence-corrected chi connectivity index (χ2v) is 4.22. The van der Waals surface area contributed by atoms with Crippen molar-refractivity contribution in [1.29, 1.82) is 0 Å². The highest BCUT2D eigenvalue weighted by Crippen LogP contribution is 2.15. The van der Waals surface area contributed by atoms with E-state index in [9.17, 15) is 4.79 Å². The van der Waals surface area contributed by atoms with Crippen LogP contribution >= 0.6 is 15.9 Å². The van der Waals surface area contributed by atoms with Crippen LogP contribution in [0.1, 0.15) is 16.1 Å². The Labute approximate surface area is 108 Å². The third kappa shape index (κ3) is 2.71. The van der Waals surface area contributed by atoms with Crippen molar-refractivity contribution in [2.75, 3.05) is 7.11 Å². The average Bonchev–Trinajstić information content (AvgIpc) is 2.38. The number of aromatic nitrogens is 1. The third-order valence-electron chi connectivity index (χ3n) is 2.30. The number of pyridine rings is 1. The first kappa shape index (κ1) is 11.8. The van der Waals surface area contributed by atoms with Gasteiger partial charge in [-0.3, -0.25) is 4.79 Å². The van der Waals surface area contributed by atoms with Crippen molar-refractivity contribution >= 4 is 21.7 Å². The largest absolute Gasteiger partial charge is 0.497 e. The minimum Gasteiger partial charge on any atom is -0.497 e. The molecular formula is C13H10BrNO2. The van der Waals surface area contributed by atoms with E-state index in [-0.39, 0.29) is 5.78 Å². The van der Waals surface area contributed by atoms with Gasteiger partial charge in [0.15, 0.2) is 0 Å². The molecule has 0 N–H and O–H groups in total. The van der Waals surface area contributed by atoms with Crippen molar-refractivity contribution in [3.63, 3.8) is 0 Å². The topological polar surface area (TPSA) is 39.2 Å². The highest BCUT2D eigenvalue weighted by Gasteiger charge is 2.10. The molecule has 0 saturated heterocycles. The number of nitrogens with zero attached hydrogens (tertiary/aromatic N) is 1. The first-order chi connectivity index (χ1) is 8.20. The van der Waals surface area contributed by atoms with Crippen LogP contribution in [0.5, 0.6) is 5.75 Å². The summed E-state index contributed by atoms with van der Waals surface area (Å²) < 4.78 is 5.69. The Morgan fingerprint density at radius 3 is 2.47 bits per heavy atom. The minimum atomic E-state index is -0.103. The number of methoxy groups -OCH3 is 1. The van der Waals surface area contributed by atoms with Gasteiger partial charge in [-0.05, 0) is 52.3 Å². The molecule has 2 rings (SSSR count). The van der Waals surface area contributed by atoms with Crippen molar-refractivity contribution in [3.05, 3.63) is 58.3 Å². The number of ketones is 1. The lowest BCUT2D eigenvalue weighted by Crippen LogP contribution is -2.03. The molecular weight excluding hydrogens is 282 g/mol. The number of hydrogen-bond acceptors (Lipinski definition) is 3. The van der Waals surface area contributed by atoms with Gasteiger partial charge in [0.05, 0.1) is 7.11 Å². The van der Waals surface area contributed by atoms with Crippen molar-refractivity contribution < 1.29 is 9.53 Å². The van der Waals surface area contributed by atoms with Crippen LogP contribution < -0.4 is 4.74 Å². The molecule has 1 aromatic carbocycles. The Kier molecular flexibility index (Phi) is 3.54.